The third-order valence-electron chi connectivity index (χ3n) is 4.80. The van der Waals surface area contributed by atoms with Crippen LogP contribution in [-0.4, -0.2) is 28.2 Å². The van der Waals surface area contributed by atoms with Gasteiger partial charge < -0.3 is 10.5 Å². The summed E-state index contributed by atoms with van der Waals surface area (Å²) in [5.74, 6) is 0. The fourth-order valence-corrected chi connectivity index (χ4v) is 3.52. The molecule has 0 spiro atoms. The summed E-state index contributed by atoms with van der Waals surface area (Å²) in [6, 6.07) is 7.65. The molecule has 1 unspecified atom stereocenters. The van der Waals surface area contributed by atoms with Gasteiger partial charge in [0.05, 0.1) is 17.3 Å². The van der Waals surface area contributed by atoms with Gasteiger partial charge in [0.2, 0.25) is 0 Å². The lowest BCUT2D eigenvalue weighted by Crippen LogP contribution is -2.17. The highest BCUT2D eigenvalue weighted by molar-refractivity contribution is 6.02. The number of aldehydes is 1. The second-order valence-electron chi connectivity index (χ2n) is 6.27. The number of aryl methyl sites for hydroxylation is 1. The first-order chi connectivity index (χ1) is 11.6. The molecule has 24 heavy (non-hydrogen) atoms. The number of carbonyl (C=O) groups excluding carboxylic acids is 1. The average Bonchev–Trinajstić information content (AvgIpc) is 2.91. The lowest BCUT2D eigenvalue weighted by molar-refractivity contribution is -0.111. The third kappa shape index (κ3) is 2.02. The lowest BCUT2D eigenvalue weighted by Gasteiger charge is -2.15. The molecule has 0 bridgehead atoms. The quantitative estimate of drug-likeness (QED) is 0.736. The lowest BCUT2D eigenvalue weighted by atomic mass is 9.96. The van der Waals surface area contributed by atoms with Gasteiger partial charge in [-0.1, -0.05) is 18.2 Å². The van der Waals surface area contributed by atoms with Gasteiger partial charge in [-0.25, -0.2) is 0 Å². The van der Waals surface area contributed by atoms with Crippen molar-refractivity contribution in [2.45, 2.75) is 19.5 Å². The number of fused-ring (bicyclic) bond motifs is 2. The second-order valence-corrected chi connectivity index (χ2v) is 6.27. The number of para-hydroxylation sites is 1. The number of hydrogen-bond donors (Lipinski definition) is 1. The fourth-order valence-electron chi connectivity index (χ4n) is 3.52. The van der Waals surface area contributed by atoms with E-state index < -0.39 is 0 Å². The van der Waals surface area contributed by atoms with Crippen LogP contribution in [0.4, 0.5) is 5.69 Å². The van der Waals surface area contributed by atoms with E-state index in [0.29, 0.717) is 12.2 Å². The van der Waals surface area contributed by atoms with E-state index in [2.05, 4.69) is 11.9 Å². The number of hydrogen-bond acceptors (Lipinski definition) is 5. The molecule has 2 N–H and O–H groups in total. The number of nitrogens with zero attached hydrogens (tertiary/aromatic N) is 3. The number of nitrogens with two attached hydrogens (primary N) is 1. The zero-order valence-electron chi connectivity index (χ0n) is 13.7. The summed E-state index contributed by atoms with van der Waals surface area (Å²) in [5, 5.41) is 0.886. The third-order valence-corrected chi connectivity index (χ3v) is 4.80. The second kappa shape index (κ2) is 5.39. The van der Waals surface area contributed by atoms with Crippen LogP contribution in [0.2, 0.25) is 0 Å². The minimum absolute atomic E-state index is 0.319. The molecule has 3 aromatic rings. The van der Waals surface area contributed by atoms with Gasteiger partial charge in [0, 0.05) is 46.7 Å². The van der Waals surface area contributed by atoms with Crippen LogP contribution < -0.4 is 5.73 Å². The molecule has 0 saturated heterocycles. The van der Waals surface area contributed by atoms with Crippen molar-refractivity contribution < 1.29 is 4.79 Å². The summed E-state index contributed by atoms with van der Waals surface area (Å²) in [4.78, 5) is 22.6. The van der Waals surface area contributed by atoms with Crippen molar-refractivity contribution in [1.29, 1.82) is 0 Å². The van der Waals surface area contributed by atoms with Crippen molar-refractivity contribution in [3.05, 3.63) is 53.5 Å². The molecule has 120 valence electrons. The minimum atomic E-state index is -0.319. The van der Waals surface area contributed by atoms with Crippen molar-refractivity contribution in [2.75, 3.05) is 12.8 Å². The summed E-state index contributed by atoms with van der Waals surface area (Å²) in [6.07, 6.45) is 4.58. The van der Waals surface area contributed by atoms with Crippen LogP contribution in [0.25, 0.3) is 22.0 Å². The van der Waals surface area contributed by atoms with Crippen LogP contribution in [0, 0.1) is 6.92 Å². The first kappa shape index (κ1) is 14.8. The Hall–Kier alpha value is -2.79. The molecule has 3 heterocycles. The van der Waals surface area contributed by atoms with E-state index in [1.807, 2.05) is 42.4 Å². The van der Waals surface area contributed by atoms with E-state index >= 15 is 0 Å². The molecule has 0 aliphatic carbocycles. The number of anilines is 1. The number of benzene rings is 1. The Labute approximate surface area is 140 Å². The number of nitrogen functional groups attached to an aromatic ring is 1. The molecule has 0 amide bonds. The highest BCUT2D eigenvalue weighted by atomic mass is 16.1. The van der Waals surface area contributed by atoms with E-state index in [-0.39, 0.29) is 6.04 Å². The first-order valence-electron chi connectivity index (χ1n) is 7.89. The summed E-state index contributed by atoms with van der Waals surface area (Å²) >= 11 is 0. The summed E-state index contributed by atoms with van der Waals surface area (Å²) in [7, 11) is 1.91. The Morgan fingerprint density at radius 3 is 2.88 bits per heavy atom. The molecule has 1 aromatic carbocycles. The van der Waals surface area contributed by atoms with Crippen molar-refractivity contribution in [2.24, 2.45) is 0 Å². The Balaban J connectivity index is 2.04. The van der Waals surface area contributed by atoms with Crippen LogP contribution in [0.15, 0.2) is 36.7 Å². The Morgan fingerprint density at radius 2 is 2.12 bits per heavy atom. The molecule has 1 atom stereocenters. The molecule has 0 radical (unpaired) electrons. The number of rotatable bonds is 2. The van der Waals surface area contributed by atoms with Crippen LogP contribution in [0.1, 0.15) is 22.9 Å². The SMILES string of the molecule is Cc1ccncc1-c1cccc2c(N)c3c(nc12)CN(C)C3C=O. The van der Waals surface area contributed by atoms with Crippen molar-refractivity contribution >= 4 is 22.9 Å². The maximum atomic E-state index is 11.5. The molecule has 1 aliphatic heterocycles. The van der Waals surface area contributed by atoms with Gasteiger partial charge in [-0.05, 0) is 25.6 Å². The Kier molecular flexibility index (Phi) is 3.32. The molecule has 2 aromatic heterocycles. The molecule has 5 heteroatoms. The van der Waals surface area contributed by atoms with Gasteiger partial charge >= 0.3 is 0 Å². The van der Waals surface area contributed by atoms with Gasteiger partial charge in [-0.15, -0.1) is 0 Å². The predicted octanol–water partition coefficient (Wildman–Crippen LogP) is 2.87. The monoisotopic (exact) mass is 318 g/mol. The van der Waals surface area contributed by atoms with Crippen LogP contribution in [-0.2, 0) is 11.3 Å². The maximum absolute atomic E-state index is 11.5. The highest BCUT2D eigenvalue weighted by Gasteiger charge is 2.31. The van der Waals surface area contributed by atoms with Gasteiger partial charge in [-0.3, -0.25) is 14.9 Å². The average molecular weight is 318 g/mol. The Morgan fingerprint density at radius 1 is 1.29 bits per heavy atom. The van der Waals surface area contributed by atoms with Gasteiger partial charge in [0.1, 0.15) is 6.29 Å². The van der Waals surface area contributed by atoms with Gasteiger partial charge in [-0.2, -0.15) is 0 Å². The van der Waals surface area contributed by atoms with Crippen LogP contribution in [0.5, 0.6) is 0 Å². The molecule has 4 rings (SSSR count). The predicted molar refractivity (Wildman–Crippen MR) is 94.4 cm³/mol. The van der Waals surface area contributed by atoms with Crippen LogP contribution in [0.3, 0.4) is 0 Å². The summed E-state index contributed by atoms with van der Waals surface area (Å²) in [6.45, 7) is 2.68. The Bertz CT molecular complexity index is 967. The van der Waals surface area contributed by atoms with E-state index in [4.69, 9.17) is 10.7 Å². The summed E-state index contributed by atoms with van der Waals surface area (Å²) in [5.41, 5.74) is 12.9. The number of aromatic nitrogens is 2. The van der Waals surface area contributed by atoms with Crippen LogP contribution >= 0.6 is 0 Å². The van der Waals surface area contributed by atoms with E-state index in [1.54, 1.807) is 6.20 Å². The van der Waals surface area contributed by atoms with E-state index in [9.17, 15) is 4.79 Å². The zero-order valence-corrected chi connectivity index (χ0v) is 13.7. The van der Waals surface area contributed by atoms with E-state index in [1.165, 1.54) is 0 Å². The summed E-state index contributed by atoms with van der Waals surface area (Å²) < 4.78 is 0. The molecule has 1 aliphatic rings. The first-order valence-corrected chi connectivity index (χ1v) is 7.89. The smallest absolute Gasteiger partial charge is 0.141 e. The molecular weight excluding hydrogens is 300 g/mol. The standard InChI is InChI=1S/C19H18N4O/c1-11-6-7-21-8-14(11)12-4-3-5-13-18(20)17-15(22-19(12)13)9-23(2)16(17)10-24/h3-8,10,16H,9H2,1-2H3,(H2,20,22). The minimum Gasteiger partial charge on any atom is -0.398 e. The number of pyridine rings is 2. The topological polar surface area (TPSA) is 72.1 Å². The van der Waals surface area contributed by atoms with Gasteiger partial charge in [0.25, 0.3) is 0 Å². The van der Waals surface area contributed by atoms with Crippen molar-refractivity contribution in [3.63, 3.8) is 0 Å². The molecule has 0 fully saturated rings. The molecular formula is C19H18N4O. The molecule has 5 nitrogen and oxygen atoms in total. The van der Waals surface area contributed by atoms with Crippen molar-refractivity contribution in [1.82, 2.24) is 14.9 Å². The maximum Gasteiger partial charge on any atom is 0.141 e. The number of likely N-dealkylation sites (N-methyl/N-ethyl adjacent to an activating group) is 1. The normalized spacial score (nSPS) is 17.2. The fraction of sp³-hybridized carbons (Fsp3) is 0.211. The van der Waals surface area contributed by atoms with Gasteiger partial charge in [0.15, 0.2) is 0 Å². The molecule has 0 saturated carbocycles. The highest BCUT2D eigenvalue weighted by Crippen LogP contribution is 2.40. The number of carbonyl (C=O) groups is 1. The zero-order chi connectivity index (χ0) is 16.8. The van der Waals surface area contributed by atoms with Crippen molar-refractivity contribution in [3.8, 4) is 11.1 Å². The largest absolute Gasteiger partial charge is 0.398 e. The van der Waals surface area contributed by atoms with E-state index in [0.717, 1.165) is 45.1 Å².